The summed E-state index contributed by atoms with van der Waals surface area (Å²) in [4.78, 5) is 54.6. The average molecular weight is 509 g/mol. The normalized spacial score (nSPS) is 10.8. The Morgan fingerprint density at radius 2 is 0.946 bits per heavy atom. The maximum atomic E-state index is 14.2. The Balaban J connectivity index is 2.23. The van der Waals surface area contributed by atoms with Crippen molar-refractivity contribution in [1.82, 2.24) is 0 Å². The van der Waals surface area contributed by atoms with Crippen molar-refractivity contribution in [1.29, 1.82) is 0 Å². The summed E-state index contributed by atoms with van der Waals surface area (Å²) in [6.45, 7) is -1.80. The summed E-state index contributed by atoms with van der Waals surface area (Å²) in [6, 6.07) is 35.4. The number of rotatable bonds is 9. The SMILES string of the molecule is CCOC(=O)C(=O)C(C(=O)C(=O)c1ccccc1)=P(c1ccccc1)(c1ccccc1)c1ccccc1. The second-order valence-corrected chi connectivity index (χ2v) is 11.4. The average Bonchev–Trinajstić information content (AvgIpc) is 2.97. The van der Waals surface area contributed by atoms with Crippen LogP contribution in [0.15, 0.2) is 121 Å². The van der Waals surface area contributed by atoms with Crippen molar-refractivity contribution in [2.75, 3.05) is 6.61 Å². The molecule has 0 aliphatic heterocycles. The molecule has 184 valence electrons. The van der Waals surface area contributed by atoms with E-state index in [1.807, 2.05) is 91.0 Å². The molecule has 5 nitrogen and oxygen atoms in total. The van der Waals surface area contributed by atoms with Crippen LogP contribution in [0.25, 0.3) is 0 Å². The molecule has 0 spiro atoms. The van der Waals surface area contributed by atoms with Gasteiger partial charge in [0.2, 0.25) is 11.6 Å². The summed E-state index contributed by atoms with van der Waals surface area (Å²) in [6.07, 6.45) is 0. The summed E-state index contributed by atoms with van der Waals surface area (Å²) >= 11 is 0. The van der Waals surface area contributed by atoms with Crippen molar-refractivity contribution in [2.24, 2.45) is 0 Å². The zero-order chi connectivity index (χ0) is 26.3. The van der Waals surface area contributed by atoms with Gasteiger partial charge in [-0.05, 0) is 29.7 Å². The Morgan fingerprint density at radius 3 is 1.32 bits per heavy atom. The van der Waals surface area contributed by atoms with Crippen LogP contribution >= 0.6 is 6.89 Å². The summed E-state index contributed by atoms with van der Waals surface area (Å²) in [5.74, 6) is -4.16. The minimum Gasteiger partial charge on any atom is -0.460 e. The van der Waals surface area contributed by atoms with Crippen LogP contribution in [0.1, 0.15) is 17.3 Å². The number of carbonyl (C=O) groups excluding carboxylic acids is 4. The molecule has 0 fully saturated rings. The maximum Gasteiger partial charge on any atom is 0.379 e. The number of ketones is 3. The van der Waals surface area contributed by atoms with Gasteiger partial charge in [0.1, 0.15) is 0 Å². The first-order chi connectivity index (χ1) is 18.0. The third-order valence-electron chi connectivity index (χ3n) is 5.90. The highest BCUT2D eigenvalue weighted by atomic mass is 31.2. The van der Waals surface area contributed by atoms with Crippen LogP contribution in [0, 0.1) is 0 Å². The highest BCUT2D eigenvalue weighted by molar-refractivity contribution is 7.98. The van der Waals surface area contributed by atoms with Gasteiger partial charge in [-0.15, -0.1) is 0 Å². The quantitative estimate of drug-likeness (QED) is 0.113. The van der Waals surface area contributed by atoms with E-state index in [4.69, 9.17) is 4.74 Å². The van der Waals surface area contributed by atoms with Crippen LogP contribution < -0.4 is 15.9 Å². The van der Waals surface area contributed by atoms with Crippen molar-refractivity contribution in [3.8, 4) is 0 Å². The van der Waals surface area contributed by atoms with Gasteiger partial charge in [0, 0.05) is 5.56 Å². The second kappa shape index (κ2) is 11.6. The summed E-state index contributed by atoms with van der Waals surface area (Å²) in [5.41, 5.74) is 0.133. The molecule has 0 heterocycles. The lowest BCUT2D eigenvalue weighted by molar-refractivity contribution is -0.150. The molecule has 0 radical (unpaired) electrons. The van der Waals surface area contributed by atoms with Gasteiger partial charge >= 0.3 is 5.97 Å². The predicted octanol–water partition coefficient (Wildman–Crippen LogP) is 3.74. The molecule has 0 bridgehead atoms. The Hall–Kier alpha value is -4.34. The smallest absolute Gasteiger partial charge is 0.379 e. The largest absolute Gasteiger partial charge is 0.460 e. The molecule has 4 aromatic rings. The molecule has 0 aliphatic carbocycles. The molecule has 37 heavy (non-hydrogen) atoms. The van der Waals surface area contributed by atoms with Gasteiger partial charge in [-0.2, -0.15) is 0 Å². The number of carbonyl (C=O) groups is 4. The molecular formula is C31H25O5P. The molecule has 0 unspecified atom stereocenters. The van der Waals surface area contributed by atoms with Crippen molar-refractivity contribution in [3.05, 3.63) is 127 Å². The van der Waals surface area contributed by atoms with Gasteiger partial charge < -0.3 is 4.74 Å². The first-order valence-corrected chi connectivity index (χ1v) is 13.6. The van der Waals surface area contributed by atoms with E-state index in [1.165, 1.54) is 12.1 Å². The molecule has 6 heteroatoms. The van der Waals surface area contributed by atoms with Crippen LogP contribution in [0.3, 0.4) is 0 Å². The summed E-state index contributed by atoms with van der Waals surface area (Å²) in [5, 5.41) is 1.61. The van der Waals surface area contributed by atoms with E-state index in [2.05, 4.69) is 0 Å². The molecule has 0 atom stereocenters. The van der Waals surface area contributed by atoms with Crippen LogP contribution in [0.5, 0.6) is 0 Å². The molecule has 0 aromatic heterocycles. The molecule has 4 aromatic carbocycles. The first-order valence-electron chi connectivity index (χ1n) is 11.8. The molecule has 0 amide bonds. The van der Waals surface area contributed by atoms with E-state index in [0.29, 0.717) is 15.9 Å². The van der Waals surface area contributed by atoms with Crippen molar-refractivity contribution < 1.29 is 23.9 Å². The lowest BCUT2D eigenvalue weighted by Crippen LogP contribution is -2.43. The number of Topliss-reactive ketones (excluding diaryl/α,β-unsaturated/α-hetero) is 3. The van der Waals surface area contributed by atoms with Gasteiger partial charge in [-0.3, -0.25) is 14.4 Å². The summed E-state index contributed by atoms with van der Waals surface area (Å²) < 4.78 is 5.07. The predicted molar refractivity (Wildman–Crippen MR) is 148 cm³/mol. The zero-order valence-electron chi connectivity index (χ0n) is 20.2. The molecule has 0 N–H and O–H groups in total. The van der Waals surface area contributed by atoms with Crippen LogP contribution in [-0.2, 0) is 19.1 Å². The van der Waals surface area contributed by atoms with Gasteiger partial charge in [-0.1, -0.05) is 121 Å². The van der Waals surface area contributed by atoms with Gasteiger partial charge in [0.15, 0.2) is 0 Å². The van der Waals surface area contributed by atoms with E-state index in [9.17, 15) is 19.2 Å². The first kappa shape index (κ1) is 25.7. The van der Waals surface area contributed by atoms with Crippen LogP contribution in [-0.4, -0.2) is 35.2 Å². The second-order valence-electron chi connectivity index (χ2n) is 8.10. The van der Waals surface area contributed by atoms with Crippen LogP contribution in [0.2, 0.25) is 0 Å². The molecular weight excluding hydrogens is 483 g/mol. The topological polar surface area (TPSA) is 77.5 Å². The number of hydrogen-bond acceptors (Lipinski definition) is 5. The highest BCUT2D eigenvalue weighted by Gasteiger charge is 2.41. The molecule has 0 saturated heterocycles. The Bertz CT molecular complexity index is 1370. The van der Waals surface area contributed by atoms with E-state index in [-0.39, 0.29) is 17.5 Å². The van der Waals surface area contributed by atoms with E-state index >= 15 is 0 Å². The fraction of sp³-hybridized carbons (Fsp3) is 0.0645. The lowest BCUT2D eigenvalue weighted by Gasteiger charge is -2.31. The van der Waals surface area contributed by atoms with E-state index in [0.717, 1.165) is 0 Å². The fourth-order valence-electron chi connectivity index (χ4n) is 4.32. The number of esters is 1. The third-order valence-corrected chi connectivity index (χ3v) is 10.2. The molecule has 4 rings (SSSR count). The zero-order valence-corrected chi connectivity index (χ0v) is 21.1. The van der Waals surface area contributed by atoms with Crippen LogP contribution in [0.4, 0.5) is 0 Å². The number of ether oxygens (including phenoxy) is 1. The van der Waals surface area contributed by atoms with Crippen molar-refractivity contribution in [2.45, 2.75) is 6.92 Å². The minimum atomic E-state index is -3.33. The Kier molecular flexibility index (Phi) is 8.07. The van der Waals surface area contributed by atoms with Gasteiger partial charge in [-0.25, -0.2) is 4.79 Å². The number of benzene rings is 4. The minimum absolute atomic E-state index is 0.0495. The van der Waals surface area contributed by atoms with Gasteiger partial charge in [0.05, 0.1) is 11.9 Å². The molecule has 0 saturated carbocycles. The lowest BCUT2D eigenvalue weighted by atomic mass is 10.0. The fourth-order valence-corrected chi connectivity index (χ4v) is 8.65. The van der Waals surface area contributed by atoms with E-state index in [1.54, 1.807) is 25.1 Å². The Labute approximate surface area is 215 Å². The third kappa shape index (κ3) is 5.00. The van der Waals surface area contributed by atoms with Crippen molar-refractivity contribution in [3.63, 3.8) is 0 Å². The highest BCUT2D eigenvalue weighted by Crippen LogP contribution is 2.46. The Morgan fingerprint density at radius 1 is 0.568 bits per heavy atom. The maximum absolute atomic E-state index is 14.2. The standard InChI is InChI=1S/C31H25O5P/c1-2-36-31(35)29(34)30(28(33)27(32)23-15-7-3-8-16-23)37(24-17-9-4-10-18-24,25-19-11-5-12-20-25)26-21-13-6-14-22-26/h3-22H,2H2,1H3. The molecule has 0 aliphatic rings. The van der Waals surface area contributed by atoms with Gasteiger partial charge in [0.25, 0.3) is 5.78 Å². The van der Waals surface area contributed by atoms with E-state index < -0.39 is 30.2 Å². The summed E-state index contributed by atoms with van der Waals surface area (Å²) in [7, 11) is 0. The monoisotopic (exact) mass is 508 g/mol. The van der Waals surface area contributed by atoms with Crippen molar-refractivity contribution >= 4 is 51.4 Å². The number of hydrogen-bond donors (Lipinski definition) is 0.